The summed E-state index contributed by atoms with van der Waals surface area (Å²) in [6.07, 6.45) is 12.0. The van der Waals surface area contributed by atoms with E-state index in [2.05, 4.69) is 26.0 Å². The maximum atomic E-state index is 12.9. The van der Waals surface area contributed by atoms with Crippen molar-refractivity contribution < 1.29 is 4.39 Å². The molecule has 0 saturated carbocycles. The zero-order chi connectivity index (χ0) is 10.4. The lowest BCUT2D eigenvalue weighted by molar-refractivity contribution is 0.663. The molecule has 1 heteroatoms. The van der Waals surface area contributed by atoms with Gasteiger partial charge in [0.15, 0.2) is 0 Å². The monoisotopic (exact) mass is 192 g/mol. The zero-order valence-corrected chi connectivity index (χ0v) is 8.89. The highest BCUT2D eigenvalue weighted by molar-refractivity contribution is 5.43. The number of rotatable bonds is 3. The van der Waals surface area contributed by atoms with E-state index in [1.54, 1.807) is 6.08 Å². The fourth-order valence-corrected chi connectivity index (χ4v) is 1.55. The van der Waals surface area contributed by atoms with E-state index in [0.29, 0.717) is 6.42 Å². The van der Waals surface area contributed by atoms with Gasteiger partial charge in [-0.05, 0) is 42.6 Å². The molecule has 76 valence electrons. The first-order valence-electron chi connectivity index (χ1n) is 5.21. The van der Waals surface area contributed by atoms with Crippen LogP contribution >= 0.6 is 0 Å². The van der Waals surface area contributed by atoms with Gasteiger partial charge >= 0.3 is 0 Å². The Bertz CT molecular complexity index is 303. The molecular weight excluding hydrogens is 175 g/mol. The minimum atomic E-state index is -0.136. The molecule has 0 amide bonds. The summed E-state index contributed by atoms with van der Waals surface area (Å²) in [5.41, 5.74) is 2.48. The van der Waals surface area contributed by atoms with E-state index in [1.165, 1.54) is 17.2 Å². The van der Waals surface area contributed by atoms with Gasteiger partial charge in [0.25, 0.3) is 0 Å². The van der Waals surface area contributed by atoms with Crippen molar-refractivity contribution in [2.45, 2.75) is 33.1 Å². The summed E-state index contributed by atoms with van der Waals surface area (Å²) in [4.78, 5) is 0. The predicted molar refractivity (Wildman–Crippen MR) is 59.7 cm³/mol. The average Bonchev–Trinajstić information content (AvgIpc) is 2.40. The number of hydrogen-bond donors (Lipinski definition) is 0. The lowest BCUT2D eigenvalue weighted by atomic mass is 10.0. The summed E-state index contributed by atoms with van der Waals surface area (Å²) in [6, 6.07) is 0. The molecule has 14 heavy (non-hydrogen) atoms. The summed E-state index contributed by atoms with van der Waals surface area (Å²) >= 11 is 0. The second kappa shape index (κ2) is 5.58. The first-order valence-corrected chi connectivity index (χ1v) is 5.21. The van der Waals surface area contributed by atoms with Crippen LogP contribution in [0.5, 0.6) is 0 Å². The molecule has 0 nitrogen and oxygen atoms in total. The Kier molecular flexibility index (Phi) is 4.37. The predicted octanol–water partition coefficient (Wildman–Crippen LogP) is 4.47. The lowest BCUT2D eigenvalue weighted by Crippen LogP contribution is -1.85. The highest BCUT2D eigenvalue weighted by Gasteiger charge is 2.01. The Hall–Kier alpha value is -1.11. The van der Waals surface area contributed by atoms with Crippen LogP contribution in [0, 0.1) is 0 Å². The smallest absolute Gasteiger partial charge is 0.119 e. The van der Waals surface area contributed by atoms with Gasteiger partial charge in [0.2, 0.25) is 0 Å². The van der Waals surface area contributed by atoms with Gasteiger partial charge in [-0.25, -0.2) is 4.39 Å². The summed E-state index contributed by atoms with van der Waals surface area (Å²) in [5.74, 6) is -0.136. The Morgan fingerprint density at radius 2 is 2.14 bits per heavy atom. The van der Waals surface area contributed by atoms with Crippen LogP contribution in [0.15, 0.2) is 47.4 Å². The third-order valence-corrected chi connectivity index (χ3v) is 2.27. The van der Waals surface area contributed by atoms with E-state index in [1.807, 2.05) is 6.08 Å². The maximum absolute atomic E-state index is 12.9. The summed E-state index contributed by atoms with van der Waals surface area (Å²) in [7, 11) is 0. The van der Waals surface area contributed by atoms with Crippen LogP contribution in [0.3, 0.4) is 0 Å². The van der Waals surface area contributed by atoms with E-state index in [0.717, 1.165) is 12.8 Å². The van der Waals surface area contributed by atoms with Crippen molar-refractivity contribution >= 4 is 0 Å². The molecule has 0 atom stereocenters. The molecule has 0 spiro atoms. The van der Waals surface area contributed by atoms with Gasteiger partial charge in [0.05, 0.1) is 0 Å². The molecule has 0 bridgehead atoms. The van der Waals surface area contributed by atoms with Crippen LogP contribution < -0.4 is 0 Å². The summed E-state index contributed by atoms with van der Waals surface area (Å²) in [5, 5.41) is 0. The average molecular weight is 192 g/mol. The quantitative estimate of drug-likeness (QED) is 0.618. The third-order valence-electron chi connectivity index (χ3n) is 2.27. The Balaban J connectivity index is 2.84. The van der Waals surface area contributed by atoms with Crippen molar-refractivity contribution in [3.05, 3.63) is 47.4 Å². The van der Waals surface area contributed by atoms with E-state index < -0.39 is 0 Å². The SMILES string of the molecule is CC/C=C(\CC)C1=CCC=C(F)C=C1. The van der Waals surface area contributed by atoms with Gasteiger partial charge < -0.3 is 0 Å². The largest absolute Gasteiger partial charge is 0.207 e. The maximum Gasteiger partial charge on any atom is 0.119 e. The molecule has 0 aliphatic heterocycles. The van der Waals surface area contributed by atoms with E-state index >= 15 is 0 Å². The van der Waals surface area contributed by atoms with Crippen molar-refractivity contribution in [2.24, 2.45) is 0 Å². The first kappa shape index (κ1) is 11.0. The minimum Gasteiger partial charge on any atom is -0.207 e. The Morgan fingerprint density at radius 1 is 1.36 bits per heavy atom. The lowest BCUT2D eigenvalue weighted by Gasteiger charge is -2.04. The van der Waals surface area contributed by atoms with E-state index in [9.17, 15) is 4.39 Å². The van der Waals surface area contributed by atoms with Crippen molar-refractivity contribution in [3.8, 4) is 0 Å². The van der Waals surface area contributed by atoms with Crippen molar-refractivity contribution in [2.75, 3.05) is 0 Å². The molecule has 0 aromatic carbocycles. The van der Waals surface area contributed by atoms with Gasteiger partial charge in [0, 0.05) is 0 Å². The number of hydrogen-bond acceptors (Lipinski definition) is 0. The van der Waals surface area contributed by atoms with Crippen molar-refractivity contribution in [1.82, 2.24) is 0 Å². The fraction of sp³-hybridized carbons (Fsp3) is 0.385. The molecule has 1 aliphatic rings. The normalized spacial score (nSPS) is 17.5. The molecule has 0 aromatic heterocycles. The van der Waals surface area contributed by atoms with Gasteiger partial charge in [-0.15, -0.1) is 0 Å². The molecule has 0 N–H and O–H groups in total. The molecular formula is C13H17F. The summed E-state index contributed by atoms with van der Waals surface area (Å²) in [6.45, 7) is 4.25. The molecule has 0 aromatic rings. The van der Waals surface area contributed by atoms with E-state index in [-0.39, 0.29) is 5.83 Å². The van der Waals surface area contributed by atoms with Crippen molar-refractivity contribution in [3.63, 3.8) is 0 Å². The van der Waals surface area contributed by atoms with Crippen LogP contribution in [0.25, 0.3) is 0 Å². The second-order valence-corrected chi connectivity index (χ2v) is 3.31. The van der Waals surface area contributed by atoms with Crippen LogP contribution in [0.1, 0.15) is 33.1 Å². The minimum absolute atomic E-state index is 0.136. The van der Waals surface area contributed by atoms with Crippen LogP contribution in [-0.4, -0.2) is 0 Å². The molecule has 0 saturated heterocycles. The number of allylic oxidation sites excluding steroid dienone is 8. The van der Waals surface area contributed by atoms with Gasteiger partial charge in [-0.2, -0.15) is 0 Å². The molecule has 0 heterocycles. The second-order valence-electron chi connectivity index (χ2n) is 3.31. The van der Waals surface area contributed by atoms with Gasteiger partial charge in [-0.3, -0.25) is 0 Å². The molecule has 1 rings (SSSR count). The molecule has 0 radical (unpaired) electrons. The standard InChI is InChI=1S/C13H17F/c1-3-6-11(4-2)12-7-5-8-13(14)10-9-12/h6-10H,3-5H2,1-2H3/b11-6+. The van der Waals surface area contributed by atoms with Crippen LogP contribution in [-0.2, 0) is 0 Å². The highest BCUT2D eigenvalue weighted by Crippen LogP contribution is 2.20. The zero-order valence-electron chi connectivity index (χ0n) is 8.89. The third kappa shape index (κ3) is 2.99. The Morgan fingerprint density at radius 3 is 2.79 bits per heavy atom. The fourth-order valence-electron chi connectivity index (χ4n) is 1.55. The molecule has 0 unspecified atom stereocenters. The van der Waals surface area contributed by atoms with Crippen LogP contribution in [0.2, 0.25) is 0 Å². The van der Waals surface area contributed by atoms with E-state index in [4.69, 9.17) is 0 Å². The molecule has 1 aliphatic carbocycles. The van der Waals surface area contributed by atoms with Crippen molar-refractivity contribution in [1.29, 1.82) is 0 Å². The Labute approximate surface area is 85.5 Å². The summed E-state index contributed by atoms with van der Waals surface area (Å²) < 4.78 is 12.9. The first-order chi connectivity index (χ1) is 6.77. The molecule has 0 fully saturated rings. The van der Waals surface area contributed by atoms with Gasteiger partial charge in [-0.1, -0.05) is 32.1 Å². The highest BCUT2D eigenvalue weighted by atomic mass is 19.1. The topological polar surface area (TPSA) is 0 Å². The number of halogens is 1. The van der Waals surface area contributed by atoms with Crippen LogP contribution in [0.4, 0.5) is 4.39 Å². The van der Waals surface area contributed by atoms with Gasteiger partial charge in [0.1, 0.15) is 5.83 Å².